The highest BCUT2D eigenvalue weighted by Crippen LogP contribution is 2.28. The van der Waals surface area contributed by atoms with Crippen LogP contribution in [0.25, 0.3) is 22.0 Å². The van der Waals surface area contributed by atoms with Crippen LogP contribution in [0.5, 0.6) is 0 Å². The van der Waals surface area contributed by atoms with Crippen LogP contribution in [-0.2, 0) is 14.4 Å². The van der Waals surface area contributed by atoms with Gasteiger partial charge in [-0.1, -0.05) is 74.2 Å². The Hall–Kier alpha value is -5.31. The summed E-state index contributed by atoms with van der Waals surface area (Å²) in [7, 11) is 0. The third kappa shape index (κ3) is 13.7. The highest BCUT2D eigenvalue weighted by Gasteiger charge is 2.19. The quantitative estimate of drug-likeness (QED) is 0.101. The Morgan fingerprint density at radius 3 is 2.18 bits per heavy atom. The van der Waals surface area contributed by atoms with Crippen LogP contribution in [0.3, 0.4) is 0 Å². The van der Waals surface area contributed by atoms with Gasteiger partial charge in [0.1, 0.15) is 5.82 Å². The summed E-state index contributed by atoms with van der Waals surface area (Å²) < 4.78 is 0. The second-order valence-corrected chi connectivity index (χ2v) is 9.56. The van der Waals surface area contributed by atoms with Gasteiger partial charge in [-0.3, -0.25) is 19.4 Å². The number of amides is 2. The summed E-state index contributed by atoms with van der Waals surface area (Å²) in [6.07, 6.45) is 7.47. The van der Waals surface area contributed by atoms with Crippen LogP contribution in [0.2, 0.25) is 0 Å². The van der Waals surface area contributed by atoms with Gasteiger partial charge in [-0.25, -0.2) is 4.98 Å². The third-order valence-electron chi connectivity index (χ3n) is 5.97. The molecule has 0 saturated heterocycles. The third-order valence-corrected chi connectivity index (χ3v) is 5.97. The zero-order valence-electron chi connectivity index (χ0n) is 25.3. The van der Waals surface area contributed by atoms with Gasteiger partial charge in [-0.15, -0.1) is 13.2 Å². The number of carboxylic acids is 1. The molecule has 0 radical (unpaired) electrons. The maximum absolute atomic E-state index is 12.5. The van der Waals surface area contributed by atoms with Gasteiger partial charge in [0.15, 0.2) is 0 Å². The summed E-state index contributed by atoms with van der Waals surface area (Å²) in [5.41, 5.74) is 3.43. The van der Waals surface area contributed by atoms with E-state index in [4.69, 9.17) is 0 Å². The van der Waals surface area contributed by atoms with Gasteiger partial charge < -0.3 is 21.1 Å². The maximum Gasteiger partial charge on any atom is 0.305 e. The number of carbonyl (C=O) groups excluding carboxylic acids is 2. The number of hydrogen-bond donors (Lipinski definition) is 4. The molecular formula is C36H45N5O4. The van der Waals surface area contributed by atoms with E-state index in [1.165, 1.54) is 0 Å². The predicted molar refractivity (Wildman–Crippen MR) is 184 cm³/mol. The second kappa shape index (κ2) is 21.4. The average molecular weight is 612 g/mol. The molecule has 9 nitrogen and oxygen atoms in total. The van der Waals surface area contributed by atoms with Gasteiger partial charge in [0.05, 0.1) is 24.5 Å². The Morgan fingerprint density at radius 2 is 1.53 bits per heavy atom. The smallest absolute Gasteiger partial charge is 0.305 e. The van der Waals surface area contributed by atoms with Crippen molar-refractivity contribution < 1.29 is 19.5 Å². The van der Waals surface area contributed by atoms with Gasteiger partial charge in [-0.05, 0) is 49.6 Å². The first-order valence-corrected chi connectivity index (χ1v) is 14.3. The summed E-state index contributed by atoms with van der Waals surface area (Å²) in [4.78, 5) is 44.8. The normalized spacial score (nSPS) is 10.3. The first-order chi connectivity index (χ1) is 21.3. The molecule has 2 aromatic carbocycles. The van der Waals surface area contributed by atoms with Gasteiger partial charge in [-0.2, -0.15) is 0 Å². The average Bonchev–Trinajstić information content (AvgIpc) is 3.03. The largest absolute Gasteiger partial charge is 0.481 e. The number of nitrogens with one attached hydrogen (secondary N) is 3. The molecule has 0 aliphatic heterocycles. The highest BCUT2D eigenvalue weighted by atomic mass is 16.4. The number of hydrogen-bond acceptors (Lipinski definition) is 6. The molecule has 0 fully saturated rings. The first kappa shape index (κ1) is 37.7. The molecule has 0 aliphatic rings. The maximum atomic E-state index is 12.5. The van der Waals surface area contributed by atoms with Crippen molar-refractivity contribution in [2.45, 2.75) is 46.6 Å². The Balaban J connectivity index is 0.00000134. The number of carbonyl (C=O) groups is 3. The highest BCUT2D eigenvalue weighted by molar-refractivity contribution is 5.93. The number of para-hydroxylation sites is 1. The molecule has 1 unspecified atom stereocenters. The standard InChI is InChI=1S/C29H29N5O4.2C3H6.CH4/c35-26(10-5-16-31-25-9-1-2-15-30-25)33-19-27(36)34-24(18-28(37)38)21-13-11-20(12-14-21)23-8-3-6-22-7-4-17-32-29(22)23;2*1-3-2;/h1-4,6-9,11-15,17,24H,5,10,16,18-19H2,(H,30,31)(H,33,35)(H,34,36)(H,37,38);2*3H,1H2,2H3;1H4. The van der Waals surface area contributed by atoms with Gasteiger partial charge in [0.2, 0.25) is 11.8 Å². The number of aromatic nitrogens is 2. The Bertz CT molecular complexity index is 1480. The summed E-state index contributed by atoms with van der Waals surface area (Å²) in [5, 5.41) is 18.9. The minimum atomic E-state index is -1.04. The fourth-order valence-corrected chi connectivity index (χ4v) is 4.10. The van der Waals surface area contributed by atoms with Crippen LogP contribution in [0.15, 0.2) is 111 Å². The minimum Gasteiger partial charge on any atom is -0.481 e. The van der Waals surface area contributed by atoms with E-state index in [1.807, 2.05) is 74.5 Å². The zero-order chi connectivity index (χ0) is 32.2. The molecule has 4 N–H and O–H groups in total. The Kier molecular flexibility index (Phi) is 17.9. The molecule has 2 amide bonds. The lowest BCUT2D eigenvalue weighted by atomic mass is 9.97. The SMILES string of the molecule is C.C=CC.C=CC.O=C(O)CC(NC(=O)CNC(=O)CCCNc1ccccn1)c1ccc(-c2cccc3cccnc23)cc1. The molecule has 45 heavy (non-hydrogen) atoms. The minimum absolute atomic E-state index is 0. The molecule has 0 aliphatic carbocycles. The van der Waals surface area contributed by atoms with E-state index in [9.17, 15) is 19.5 Å². The molecule has 0 bridgehead atoms. The van der Waals surface area contributed by atoms with E-state index >= 15 is 0 Å². The number of benzene rings is 2. The molecule has 0 spiro atoms. The first-order valence-electron chi connectivity index (χ1n) is 14.3. The van der Waals surface area contributed by atoms with Gasteiger partial charge >= 0.3 is 5.97 Å². The van der Waals surface area contributed by atoms with E-state index in [2.05, 4.69) is 39.1 Å². The molecule has 4 aromatic rings. The second-order valence-electron chi connectivity index (χ2n) is 9.56. The van der Waals surface area contributed by atoms with Gasteiger partial charge in [0, 0.05) is 36.3 Å². The number of fused-ring (bicyclic) bond motifs is 1. The van der Waals surface area contributed by atoms with Crippen molar-refractivity contribution in [2.75, 3.05) is 18.4 Å². The molecular weight excluding hydrogens is 566 g/mol. The van der Waals surface area contributed by atoms with Crippen LogP contribution in [0.1, 0.15) is 52.1 Å². The van der Waals surface area contributed by atoms with E-state index in [1.54, 1.807) is 36.7 Å². The fourth-order valence-electron chi connectivity index (χ4n) is 4.10. The van der Waals surface area contributed by atoms with Crippen LogP contribution >= 0.6 is 0 Å². The molecule has 2 aromatic heterocycles. The van der Waals surface area contributed by atoms with Crippen LogP contribution in [0.4, 0.5) is 5.82 Å². The number of carboxylic acid groups (broad SMARTS) is 1. The fraction of sp³-hybridized carbons (Fsp3) is 0.250. The van der Waals surface area contributed by atoms with Crippen LogP contribution in [-0.4, -0.2) is 45.9 Å². The lowest BCUT2D eigenvalue weighted by Gasteiger charge is -2.18. The molecule has 2 heterocycles. The van der Waals surface area contributed by atoms with Crippen molar-refractivity contribution in [1.29, 1.82) is 0 Å². The van der Waals surface area contributed by atoms with Crippen LogP contribution in [0, 0.1) is 0 Å². The molecule has 0 saturated carbocycles. The van der Waals surface area contributed by atoms with E-state index in [-0.39, 0.29) is 32.7 Å². The van der Waals surface area contributed by atoms with Crippen molar-refractivity contribution in [1.82, 2.24) is 20.6 Å². The molecule has 238 valence electrons. The Morgan fingerprint density at radius 1 is 0.867 bits per heavy atom. The molecule has 1 atom stereocenters. The number of pyridine rings is 2. The summed E-state index contributed by atoms with van der Waals surface area (Å²) >= 11 is 0. The van der Waals surface area contributed by atoms with E-state index < -0.39 is 17.9 Å². The number of aliphatic carboxylic acids is 1. The lowest BCUT2D eigenvalue weighted by Crippen LogP contribution is -2.39. The summed E-state index contributed by atoms with van der Waals surface area (Å²) in [6.45, 7) is 10.8. The van der Waals surface area contributed by atoms with Gasteiger partial charge in [0.25, 0.3) is 0 Å². The zero-order valence-corrected chi connectivity index (χ0v) is 25.3. The number of allylic oxidation sites excluding steroid dienone is 2. The van der Waals surface area contributed by atoms with Crippen LogP contribution < -0.4 is 16.0 Å². The van der Waals surface area contributed by atoms with Crippen molar-refractivity contribution in [3.05, 3.63) is 116 Å². The number of nitrogens with zero attached hydrogens (tertiary/aromatic N) is 2. The summed E-state index contributed by atoms with van der Waals surface area (Å²) in [5.74, 6) is -1.02. The molecule has 9 heteroatoms. The van der Waals surface area contributed by atoms with Crippen molar-refractivity contribution in [3.63, 3.8) is 0 Å². The Labute approximate surface area is 266 Å². The lowest BCUT2D eigenvalue weighted by molar-refractivity contribution is -0.138. The monoisotopic (exact) mass is 611 g/mol. The topological polar surface area (TPSA) is 133 Å². The van der Waals surface area contributed by atoms with Crippen molar-refractivity contribution in [3.8, 4) is 11.1 Å². The summed E-state index contributed by atoms with van der Waals surface area (Å²) in [6, 6.07) is 22.0. The van der Waals surface area contributed by atoms with E-state index in [0.29, 0.717) is 18.5 Å². The number of anilines is 1. The van der Waals surface area contributed by atoms with Crippen molar-refractivity contribution in [2.24, 2.45) is 0 Å². The van der Waals surface area contributed by atoms with E-state index in [0.717, 1.165) is 27.8 Å². The van der Waals surface area contributed by atoms with Crippen molar-refractivity contribution >= 4 is 34.5 Å². The number of rotatable bonds is 12. The molecule has 4 rings (SSSR count). The predicted octanol–water partition coefficient (Wildman–Crippen LogP) is 6.96.